The summed E-state index contributed by atoms with van der Waals surface area (Å²) >= 11 is 0. The first-order valence-electron chi connectivity index (χ1n) is 1.96. The molecular formula is C2CaNaO8P. The smallest absolute Gasteiger partial charge is 0.767 e. The second-order valence-corrected chi connectivity index (χ2v) is 2.39. The number of hydrogen-bond donors (Lipinski definition) is 0. The Morgan fingerprint density at radius 2 is 1.31 bits per heavy atom. The van der Waals surface area contributed by atoms with Gasteiger partial charge in [0.25, 0.3) is 12.3 Å². The van der Waals surface area contributed by atoms with Gasteiger partial charge in [0.1, 0.15) is 0 Å². The Labute approximate surface area is 124 Å². The third kappa shape index (κ3) is 13.0. The first kappa shape index (κ1) is 19.5. The van der Waals surface area contributed by atoms with Crippen LogP contribution in [0.15, 0.2) is 0 Å². The molecule has 0 saturated carbocycles. The summed E-state index contributed by atoms with van der Waals surface area (Å²) in [5.41, 5.74) is 0. The molecule has 0 heterocycles. The van der Waals surface area contributed by atoms with Crippen molar-refractivity contribution in [1.29, 1.82) is 0 Å². The third-order valence-electron chi connectivity index (χ3n) is 0.373. The molecule has 0 atom stereocenters. The molecular weight excluding hydrogens is 246 g/mol. The summed E-state index contributed by atoms with van der Waals surface area (Å²) in [5, 5.41) is 18.8. The van der Waals surface area contributed by atoms with Gasteiger partial charge in [0.2, 0.25) is 7.82 Å². The zero-order chi connectivity index (χ0) is 9.07. The quantitative estimate of drug-likeness (QED) is 0.346. The van der Waals surface area contributed by atoms with Crippen molar-refractivity contribution in [1.82, 2.24) is 0 Å². The average molecular weight is 246 g/mol. The molecule has 0 aromatic heterocycles. The van der Waals surface area contributed by atoms with Crippen molar-refractivity contribution in [2.45, 2.75) is 0 Å². The van der Waals surface area contributed by atoms with E-state index >= 15 is 0 Å². The normalized spacial score (nSPS) is 8.69. The summed E-state index contributed by atoms with van der Waals surface area (Å²) in [5.74, 6) is 0. The molecule has 0 saturated heterocycles. The van der Waals surface area contributed by atoms with E-state index in [2.05, 4.69) is 9.05 Å². The zero-order valence-corrected chi connectivity index (χ0v) is 11.5. The molecule has 0 aromatic carbocycles. The predicted octanol–water partition coefficient (Wildman–Crippen LogP) is -6.20. The molecule has 0 aliphatic carbocycles. The Hall–Kier alpha value is 0.990. The topological polar surface area (TPSA) is 139 Å². The molecule has 0 rings (SSSR count). The van der Waals surface area contributed by atoms with Crippen LogP contribution in [0.25, 0.3) is 0 Å². The number of phosphoric acid groups is 1. The average Bonchev–Trinajstić information content (AvgIpc) is 1.53. The van der Waals surface area contributed by atoms with E-state index in [1.807, 2.05) is 0 Å². The largest absolute Gasteiger partial charge is 2.00 e. The van der Waals surface area contributed by atoms with Crippen molar-refractivity contribution in [3.05, 3.63) is 0 Å². The molecule has 11 heteroatoms. The van der Waals surface area contributed by atoms with Gasteiger partial charge in [0.15, 0.2) is 0 Å². The molecule has 0 aliphatic rings. The van der Waals surface area contributed by atoms with Crippen LogP contribution in [0, 0.1) is 0 Å². The number of carbonyl (C=O) groups excluding carboxylic acids is 2. The molecule has 64 valence electrons. The van der Waals surface area contributed by atoms with Crippen molar-refractivity contribution < 1.29 is 67.9 Å². The Kier molecular flexibility index (Phi) is 12.5. The van der Waals surface area contributed by atoms with E-state index in [-0.39, 0.29) is 67.3 Å². The van der Waals surface area contributed by atoms with Crippen molar-refractivity contribution in [2.24, 2.45) is 0 Å². The summed E-state index contributed by atoms with van der Waals surface area (Å²) in [6.45, 7) is 0. The predicted molar refractivity (Wildman–Crippen MR) is 26.3 cm³/mol. The Bertz CT molecular complexity index is 208. The van der Waals surface area contributed by atoms with Crippen molar-refractivity contribution in [2.75, 3.05) is 0 Å². The van der Waals surface area contributed by atoms with Gasteiger partial charge in [0, 0.05) is 0 Å². The van der Waals surface area contributed by atoms with Crippen LogP contribution < -0.4 is 44.7 Å². The van der Waals surface area contributed by atoms with Gasteiger partial charge in [0.05, 0.1) is 0 Å². The van der Waals surface area contributed by atoms with E-state index in [0.29, 0.717) is 0 Å². The number of carbonyl (C=O) groups is 2. The summed E-state index contributed by atoms with van der Waals surface area (Å²) in [4.78, 5) is 28.8. The van der Waals surface area contributed by atoms with Crippen molar-refractivity contribution >= 4 is 57.9 Å². The van der Waals surface area contributed by atoms with Crippen LogP contribution in [-0.2, 0) is 13.6 Å². The van der Waals surface area contributed by atoms with Gasteiger partial charge >= 0.3 is 67.3 Å². The Balaban J connectivity index is -0.000000500. The van der Waals surface area contributed by atoms with Gasteiger partial charge in [-0.05, 0) is 0 Å². The standard InChI is InChI=1S/C2H3O8P.Ca.Na/c3-1(4)9-11(7,8)10-2(5)6;;/h(H,3,4)(H,5,6)(H,7,8);;/q;+2;+1/p-3. The molecule has 0 N–H and O–H groups in total. The summed E-state index contributed by atoms with van der Waals surface area (Å²) in [7, 11) is -5.38. The first-order valence-corrected chi connectivity index (χ1v) is 3.42. The van der Waals surface area contributed by atoms with Crippen LogP contribution >= 0.6 is 7.82 Å². The third-order valence-corrected chi connectivity index (χ3v) is 1.12. The van der Waals surface area contributed by atoms with Gasteiger partial charge in [-0.25, -0.2) is 0 Å². The van der Waals surface area contributed by atoms with Gasteiger partial charge in [-0.1, -0.05) is 0 Å². The second-order valence-electron chi connectivity index (χ2n) is 1.13. The minimum atomic E-state index is -5.38. The molecule has 0 amide bonds. The fourth-order valence-corrected chi connectivity index (χ4v) is 0.604. The summed E-state index contributed by atoms with van der Waals surface area (Å²) in [6.07, 6.45) is -4.88. The van der Waals surface area contributed by atoms with Crippen molar-refractivity contribution in [3.8, 4) is 0 Å². The molecule has 0 unspecified atom stereocenters. The summed E-state index contributed by atoms with van der Waals surface area (Å²) < 4.78 is 15.8. The van der Waals surface area contributed by atoms with E-state index in [9.17, 15) is 29.3 Å². The van der Waals surface area contributed by atoms with Gasteiger partial charge in [-0.15, -0.1) is 0 Å². The maximum absolute atomic E-state index is 9.99. The van der Waals surface area contributed by atoms with E-state index < -0.39 is 20.1 Å². The number of hydrogen-bond acceptors (Lipinski definition) is 8. The molecule has 0 aromatic rings. The van der Waals surface area contributed by atoms with Crippen LogP contribution in [-0.4, -0.2) is 50.0 Å². The molecule has 0 aliphatic heterocycles. The fraction of sp³-hybridized carbons (Fsp3) is 0. The van der Waals surface area contributed by atoms with Crippen LogP contribution in [0.4, 0.5) is 9.59 Å². The van der Waals surface area contributed by atoms with E-state index in [1.54, 1.807) is 0 Å². The van der Waals surface area contributed by atoms with E-state index in [0.717, 1.165) is 0 Å². The zero-order valence-electron chi connectivity index (χ0n) is 6.42. The molecule has 0 bridgehead atoms. The minimum absolute atomic E-state index is 0. The minimum Gasteiger partial charge on any atom is -0.767 e. The number of carboxylic acid groups (broad SMARTS) is 2. The van der Waals surface area contributed by atoms with Crippen LogP contribution in [0.1, 0.15) is 0 Å². The van der Waals surface area contributed by atoms with E-state index in [4.69, 9.17) is 0 Å². The second kappa shape index (κ2) is 8.31. The van der Waals surface area contributed by atoms with Crippen LogP contribution in [0.5, 0.6) is 0 Å². The summed E-state index contributed by atoms with van der Waals surface area (Å²) in [6, 6.07) is 0. The molecule has 0 radical (unpaired) electrons. The first-order chi connectivity index (χ1) is 4.83. The SMILES string of the molecule is O=C([O-])OP(=O)([O-])OC(=O)[O-].[Ca+2].[Na+]. The Morgan fingerprint density at radius 3 is 1.46 bits per heavy atom. The van der Waals surface area contributed by atoms with Gasteiger partial charge < -0.3 is 33.7 Å². The van der Waals surface area contributed by atoms with Crippen LogP contribution in [0.3, 0.4) is 0 Å². The molecule has 0 fully saturated rings. The van der Waals surface area contributed by atoms with E-state index in [1.165, 1.54) is 0 Å². The van der Waals surface area contributed by atoms with Crippen LogP contribution in [0.2, 0.25) is 0 Å². The van der Waals surface area contributed by atoms with Gasteiger partial charge in [-0.3, -0.25) is 4.57 Å². The number of rotatable bonds is 2. The maximum atomic E-state index is 9.99. The monoisotopic (exact) mass is 246 g/mol. The molecule has 8 nitrogen and oxygen atoms in total. The van der Waals surface area contributed by atoms with Crippen molar-refractivity contribution in [3.63, 3.8) is 0 Å². The molecule has 13 heavy (non-hydrogen) atoms. The molecule has 0 spiro atoms. The number of phosphoric ester groups is 1. The maximum Gasteiger partial charge on any atom is 2.00 e. The fourth-order valence-electron chi connectivity index (χ4n) is 0.201. The Morgan fingerprint density at radius 1 is 1.08 bits per heavy atom. The van der Waals surface area contributed by atoms with Gasteiger partial charge in [-0.2, -0.15) is 0 Å².